The molecule has 7 nitrogen and oxygen atoms in total. The number of thiophene rings is 1. The van der Waals surface area contributed by atoms with Gasteiger partial charge in [0, 0.05) is 23.3 Å². The molecule has 168 valence electrons. The van der Waals surface area contributed by atoms with Gasteiger partial charge in [0.2, 0.25) is 17.6 Å². The molecule has 0 radical (unpaired) electrons. The van der Waals surface area contributed by atoms with E-state index in [-0.39, 0.29) is 11.9 Å². The number of fused-ring (bicyclic) bond motifs is 1. The molecule has 0 aliphatic heterocycles. The first kappa shape index (κ1) is 22.2. The van der Waals surface area contributed by atoms with E-state index in [1.807, 2.05) is 30.3 Å². The van der Waals surface area contributed by atoms with E-state index in [0.29, 0.717) is 54.1 Å². The molecule has 0 bridgehead atoms. The van der Waals surface area contributed by atoms with Crippen molar-refractivity contribution in [3.63, 3.8) is 0 Å². The van der Waals surface area contributed by atoms with Crippen LogP contribution in [-0.4, -0.2) is 28.6 Å². The van der Waals surface area contributed by atoms with Gasteiger partial charge in [-0.05, 0) is 44.1 Å². The number of ether oxygens (including phenoxy) is 1. The molecule has 0 fully saturated rings. The molecule has 1 atom stereocenters. The molecular formula is C24H27N3O4S. The van der Waals surface area contributed by atoms with Crippen LogP contribution < -0.4 is 5.32 Å². The number of esters is 1. The summed E-state index contributed by atoms with van der Waals surface area (Å²) in [6.45, 7) is 4.31. The third-order valence-electron chi connectivity index (χ3n) is 5.54. The summed E-state index contributed by atoms with van der Waals surface area (Å²) >= 11 is 1.51. The van der Waals surface area contributed by atoms with Crippen LogP contribution in [0.15, 0.2) is 34.9 Å². The molecule has 2 aromatic heterocycles. The van der Waals surface area contributed by atoms with Crippen molar-refractivity contribution in [1.29, 1.82) is 0 Å². The number of amides is 1. The number of anilines is 1. The summed E-state index contributed by atoms with van der Waals surface area (Å²) < 4.78 is 10.6. The molecule has 3 aromatic rings. The lowest BCUT2D eigenvalue weighted by Crippen LogP contribution is -2.16. The van der Waals surface area contributed by atoms with Crippen LogP contribution >= 0.6 is 11.3 Å². The Balaban J connectivity index is 1.37. The number of nitrogens with zero attached hydrogens (tertiary/aromatic N) is 2. The third kappa shape index (κ3) is 5.07. The maximum atomic E-state index is 12.6. The highest BCUT2D eigenvalue weighted by Gasteiger charge is 2.29. The van der Waals surface area contributed by atoms with E-state index >= 15 is 0 Å². The van der Waals surface area contributed by atoms with E-state index in [9.17, 15) is 9.59 Å². The maximum absolute atomic E-state index is 12.6. The first-order valence-corrected chi connectivity index (χ1v) is 11.9. The van der Waals surface area contributed by atoms with Gasteiger partial charge in [-0.15, -0.1) is 11.3 Å². The van der Waals surface area contributed by atoms with E-state index in [4.69, 9.17) is 9.26 Å². The molecule has 8 heteroatoms. The molecule has 32 heavy (non-hydrogen) atoms. The Morgan fingerprint density at radius 1 is 1.28 bits per heavy atom. The Morgan fingerprint density at radius 3 is 2.88 bits per heavy atom. The van der Waals surface area contributed by atoms with Crippen molar-refractivity contribution < 1.29 is 18.8 Å². The Bertz CT molecular complexity index is 1090. The van der Waals surface area contributed by atoms with Crippen molar-refractivity contribution in [3.8, 4) is 11.4 Å². The van der Waals surface area contributed by atoms with Crippen molar-refractivity contribution in [2.75, 3.05) is 11.9 Å². The molecule has 0 saturated carbocycles. The average molecular weight is 454 g/mol. The van der Waals surface area contributed by atoms with E-state index < -0.39 is 0 Å². The number of aryl methyl sites for hydroxylation is 1. The Hall–Kier alpha value is -3.00. The van der Waals surface area contributed by atoms with Crippen LogP contribution in [0.1, 0.15) is 59.8 Å². The van der Waals surface area contributed by atoms with Crippen LogP contribution in [0.5, 0.6) is 0 Å². The van der Waals surface area contributed by atoms with Crippen LogP contribution in [0, 0.1) is 5.92 Å². The van der Waals surface area contributed by atoms with Gasteiger partial charge in [-0.3, -0.25) is 4.79 Å². The van der Waals surface area contributed by atoms with Crippen molar-refractivity contribution in [1.82, 2.24) is 10.1 Å². The number of hydrogen-bond donors (Lipinski definition) is 1. The van der Waals surface area contributed by atoms with Crippen LogP contribution in [0.25, 0.3) is 11.4 Å². The first-order chi connectivity index (χ1) is 15.5. The van der Waals surface area contributed by atoms with Crippen LogP contribution in [0.3, 0.4) is 0 Å². The van der Waals surface area contributed by atoms with Gasteiger partial charge in [-0.1, -0.05) is 42.4 Å². The first-order valence-electron chi connectivity index (χ1n) is 11.0. The third-order valence-corrected chi connectivity index (χ3v) is 6.71. The topological polar surface area (TPSA) is 94.3 Å². The van der Waals surface area contributed by atoms with Gasteiger partial charge in [0.05, 0.1) is 12.2 Å². The molecule has 1 amide bonds. The highest BCUT2D eigenvalue weighted by atomic mass is 32.1. The minimum atomic E-state index is -0.353. The standard InChI is InChI=1S/C24H27N3O4S/c1-3-30-24(29)21-17-13-12-15(2)14-18(17)32-23(21)25-19(28)10-7-11-20-26-22(27-31-20)16-8-5-4-6-9-16/h4-6,8-9,15H,3,7,10-14H2,1-2H3,(H,25,28)/t15-/m1/s1. The van der Waals surface area contributed by atoms with Crippen molar-refractivity contribution >= 4 is 28.2 Å². The van der Waals surface area contributed by atoms with Gasteiger partial charge in [0.15, 0.2) is 0 Å². The van der Waals surface area contributed by atoms with Gasteiger partial charge >= 0.3 is 5.97 Å². The summed E-state index contributed by atoms with van der Waals surface area (Å²) in [5.74, 6) is 1.14. The molecule has 1 aromatic carbocycles. The van der Waals surface area contributed by atoms with Crippen molar-refractivity contribution in [2.24, 2.45) is 5.92 Å². The summed E-state index contributed by atoms with van der Waals surface area (Å²) in [4.78, 5) is 30.8. The summed E-state index contributed by atoms with van der Waals surface area (Å²) in [5.41, 5.74) is 2.47. The lowest BCUT2D eigenvalue weighted by molar-refractivity contribution is -0.116. The average Bonchev–Trinajstić information content (AvgIpc) is 3.38. The molecule has 1 aliphatic rings. The molecule has 4 rings (SSSR count). The predicted octanol–water partition coefficient (Wildman–Crippen LogP) is 5.06. The summed E-state index contributed by atoms with van der Waals surface area (Å²) in [5, 5.41) is 7.57. The zero-order valence-electron chi connectivity index (χ0n) is 18.3. The second kappa shape index (κ2) is 10.1. The van der Waals surface area contributed by atoms with E-state index in [0.717, 1.165) is 30.4 Å². The second-order valence-corrected chi connectivity index (χ2v) is 9.16. The Labute approximate surface area is 191 Å². The SMILES string of the molecule is CCOC(=O)c1c(NC(=O)CCCc2nc(-c3ccccc3)no2)sc2c1CC[C@@H](C)C2. The summed E-state index contributed by atoms with van der Waals surface area (Å²) in [6.07, 6.45) is 4.19. The largest absolute Gasteiger partial charge is 0.462 e. The quantitative estimate of drug-likeness (QED) is 0.479. The highest BCUT2D eigenvalue weighted by Crippen LogP contribution is 2.40. The molecule has 1 aliphatic carbocycles. The molecule has 1 N–H and O–H groups in total. The van der Waals surface area contributed by atoms with Crippen molar-refractivity contribution in [2.45, 2.75) is 52.4 Å². The number of aromatic nitrogens is 2. The minimum absolute atomic E-state index is 0.134. The normalized spacial score (nSPS) is 15.2. The monoisotopic (exact) mass is 453 g/mol. The molecule has 2 heterocycles. The smallest absolute Gasteiger partial charge is 0.341 e. The van der Waals surface area contributed by atoms with Crippen LogP contribution in [-0.2, 0) is 28.8 Å². The van der Waals surface area contributed by atoms with E-state index in [1.54, 1.807) is 6.92 Å². The number of rotatable bonds is 8. The molecule has 0 spiro atoms. The predicted molar refractivity (Wildman–Crippen MR) is 123 cm³/mol. The fraction of sp³-hybridized carbons (Fsp3) is 0.417. The van der Waals surface area contributed by atoms with Crippen molar-refractivity contribution in [3.05, 3.63) is 52.2 Å². The maximum Gasteiger partial charge on any atom is 0.341 e. The number of carbonyl (C=O) groups is 2. The van der Waals surface area contributed by atoms with Crippen LogP contribution in [0.4, 0.5) is 5.00 Å². The number of nitrogens with one attached hydrogen (secondary N) is 1. The minimum Gasteiger partial charge on any atom is -0.462 e. The Morgan fingerprint density at radius 2 is 2.09 bits per heavy atom. The van der Waals surface area contributed by atoms with E-state index in [1.165, 1.54) is 16.2 Å². The second-order valence-electron chi connectivity index (χ2n) is 8.06. The molecular weight excluding hydrogens is 426 g/mol. The van der Waals surface area contributed by atoms with Crippen LogP contribution in [0.2, 0.25) is 0 Å². The highest BCUT2D eigenvalue weighted by molar-refractivity contribution is 7.17. The number of carbonyl (C=O) groups excluding carboxylic acids is 2. The molecule has 0 saturated heterocycles. The van der Waals surface area contributed by atoms with Gasteiger partial charge in [-0.2, -0.15) is 4.98 Å². The van der Waals surface area contributed by atoms with Gasteiger partial charge < -0.3 is 14.6 Å². The van der Waals surface area contributed by atoms with Gasteiger partial charge in [0.1, 0.15) is 5.00 Å². The zero-order chi connectivity index (χ0) is 22.5. The molecule has 0 unspecified atom stereocenters. The van der Waals surface area contributed by atoms with E-state index in [2.05, 4.69) is 22.4 Å². The van der Waals surface area contributed by atoms with Gasteiger partial charge in [0.25, 0.3) is 0 Å². The summed E-state index contributed by atoms with van der Waals surface area (Å²) in [7, 11) is 0. The Kier molecular flexibility index (Phi) is 6.99. The zero-order valence-corrected chi connectivity index (χ0v) is 19.2. The fourth-order valence-corrected chi connectivity index (χ4v) is 5.32. The lowest BCUT2D eigenvalue weighted by atomic mass is 9.88. The van der Waals surface area contributed by atoms with Gasteiger partial charge in [-0.25, -0.2) is 4.79 Å². The lowest BCUT2D eigenvalue weighted by Gasteiger charge is -2.18. The number of hydrogen-bond acceptors (Lipinski definition) is 7. The summed E-state index contributed by atoms with van der Waals surface area (Å²) in [6, 6.07) is 9.61. The number of benzene rings is 1. The fourth-order valence-electron chi connectivity index (χ4n) is 3.91.